The molecular formula is C18H16N2O4. The van der Waals surface area contributed by atoms with Crippen LogP contribution in [0.25, 0.3) is 0 Å². The summed E-state index contributed by atoms with van der Waals surface area (Å²) < 4.78 is 5.35. The summed E-state index contributed by atoms with van der Waals surface area (Å²) >= 11 is 0. The lowest BCUT2D eigenvalue weighted by Gasteiger charge is -2.11. The zero-order valence-corrected chi connectivity index (χ0v) is 13.0. The molecule has 0 saturated carbocycles. The van der Waals surface area contributed by atoms with E-state index in [0.29, 0.717) is 17.0 Å². The summed E-state index contributed by atoms with van der Waals surface area (Å²) in [5, 5.41) is 12.7. The van der Waals surface area contributed by atoms with Crippen LogP contribution in [0.3, 0.4) is 0 Å². The predicted molar refractivity (Wildman–Crippen MR) is 90.0 cm³/mol. The van der Waals surface area contributed by atoms with Gasteiger partial charge in [0.25, 0.3) is 5.91 Å². The van der Waals surface area contributed by atoms with Crippen LogP contribution in [0.2, 0.25) is 0 Å². The SMILES string of the molecule is COc1ccccc1/C(=N\NC(=O)/C=C\C(=O)O)c1ccccc1. The number of hydrogen-bond acceptors (Lipinski definition) is 4. The van der Waals surface area contributed by atoms with Gasteiger partial charge in [-0.3, -0.25) is 4.79 Å². The number of nitrogens with one attached hydrogen (secondary N) is 1. The number of para-hydroxylation sites is 1. The Morgan fingerprint density at radius 2 is 1.71 bits per heavy atom. The molecule has 1 amide bonds. The molecule has 0 aliphatic rings. The molecule has 0 spiro atoms. The van der Waals surface area contributed by atoms with E-state index in [1.165, 1.54) is 0 Å². The fourth-order valence-corrected chi connectivity index (χ4v) is 2.01. The summed E-state index contributed by atoms with van der Waals surface area (Å²) in [5.41, 5.74) is 4.32. The number of carboxylic acid groups (broad SMARTS) is 1. The Morgan fingerprint density at radius 3 is 2.38 bits per heavy atom. The Kier molecular flexibility index (Phi) is 5.85. The van der Waals surface area contributed by atoms with E-state index >= 15 is 0 Å². The van der Waals surface area contributed by atoms with Crippen LogP contribution < -0.4 is 10.2 Å². The monoisotopic (exact) mass is 324 g/mol. The van der Waals surface area contributed by atoms with Crippen LogP contribution in [0.1, 0.15) is 11.1 Å². The maximum Gasteiger partial charge on any atom is 0.328 e. The fraction of sp³-hybridized carbons (Fsp3) is 0.0556. The van der Waals surface area contributed by atoms with Gasteiger partial charge in [0, 0.05) is 23.3 Å². The molecule has 0 aliphatic carbocycles. The number of ether oxygens (including phenoxy) is 1. The number of carboxylic acids is 1. The minimum absolute atomic E-state index is 0.505. The molecule has 122 valence electrons. The van der Waals surface area contributed by atoms with Gasteiger partial charge in [0.1, 0.15) is 11.5 Å². The van der Waals surface area contributed by atoms with Gasteiger partial charge in [-0.1, -0.05) is 42.5 Å². The molecule has 2 N–H and O–H groups in total. The number of rotatable bonds is 6. The predicted octanol–water partition coefficient (Wildman–Crippen LogP) is 2.20. The molecule has 0 bridgehead atoms. The second-order valence-corrected chi connectivity index (χ2v) is 4.67. The Hall–Kier alpha value is -3.41. The van der Waals surface area contributed by atoms with Gasteiger partial charge in [-0.15, -0.1) is 0 Å². The van der Waals surface area contributed by atoms with Crippen molar-refractivity contribution in [1.82, 2.24) is 5.43 Å². The molecule has 0 radical (unpaired) electrons. The second kappa shape index (κ2) is 8.28. The maximum atomic E-state index is 11.7. The van der Waals surface area contributed by atoms with Crippen molar-refractivity contribution in [2.75, 3.05) is 7.11 Å². The Labute approximate surface area is 139 Å². The fourth-order valence-electron chi connectivity index (χ4n) is 2.01. The molecule has 2 aromatic rings. The third-order valence-electron chi connectivity index (χ3n) is 3.06. The van der Waals surface area contributed by atoms with Crippen LogP contribution in [0.5, 0.6) is 5.75 Å². The quantitative estimate of drug-likeness (QED) is 0.484. The zero-order chi connectivity index (χ0) is 17.4. The lowest BCUT2D eigenvalue weighted by molar-refractivity contribution is -0.131. The molecule has 0 aromatic heterocycles. The highest BCUT2D eigenvalue weighted by Crippen LogP contribution is 2.21. The molecule has 6 nitrogen and oxygen atoms in total. The lowest BCUT2D eigenvalue weighted by Crippen LogP contribution is -2.19. The van der Waals surface area contributed by atoms with Gasteiger partial charge in [0.15, 0.2) is 0 Å². The summed E-state index contributed by atoms with van der Waals surface area (Å²) in [7, 11) is 1.55. The van der Waals surface area contributed by atoms with Crippen molar-refractivity contribution in [3.05, 3.63) is 77.9 Å². The van der Waals surface area contributed by atoms with Crippen molar-refractivity contribution in [3.63, 3.8) is 0 Å². The summed E-state index contributed by atoms with van der Waals surface area (Å²) in [6, 6.07) is 16.6. The van der Waals surface area contributed by atoms with E-state index in [1.54, 1.807) is 13.2 Å². The molecule has 2 rings (SSSR count). The van der Waals surface area contributed by atoms with E-state index in [1.807, 2.05) is 48.5 Å². The first-order valence-corrected chi connectivity index (χ1v) is 7.09. The van der Waals surface area contributed by atoms with Gasteiger partial charge in [-0.05, 0) is 12.1 Å². The van der Waals surface area contributed by atoms with Gasteiger partial charge in [-0.2, -0.15) is 5.10 Å². The maximum absolute atomic E-state index is 11.7. The topological polar surface area (TPSA) is 88.0 Å². The van der Waals surface area contributed by atoms with Crippen LogP contribution in [0.15, 0.2) is 71.9 Å². The molecule has 2 aromatic carbocycles. The molecule has 0 unspecified atom stereocenters. The van der Waals surface area contributed by atoms with E-state index < -0.39 is 11.9 Å². The van der Waals surface area contributed by atoms with Crippen molar-refractivity contribution in [3.8, 4) is 5.75 Å². The minimum Gasteiger partial charge on any atom is -0.496 e. The number of hydrogen-bond donors (Lipinski definition) is 2. The van der Waals surface area contributed by atoms with Gasteiger partial charge in [-0.25, -0.2) is 10.2 Å². The van der Waals surface area contributed by atoms with Crippen molar-refractivity contribution in [2.45, 2.75) is 0 Å². The first-order chi connectivity index (χ1) is 11.6. The van der Waals surface area contributed by atoms with Crippen molar-refractivity contribution >= 4 is 17.6 Å². The second-order valence-electron chi connectivity index (χ2n) is 4.67. The number of carbonyl (C=O) groups is 2. The molecule has 0 heterocycles. The van der Waals surface area contributed by atoms with Gasteiger partial charge < -0.3 is 9.84 Å². The number of hydrazone groups is 1. The average Bonchev–Trinajstić information content (AvgIpc) is 2.61. The number of methoxy groups -OCH3 is 1. The highest BCUT2D eigenvalue weighted by atomic mass is 16.5. The third kappa shape index (κ3) is 4.54. The summed E-state index contributed by atoms with van der Waals surface area (Å²) in [4.78, 5) is 22.1. The summed E-state index contributed by atoms with van der Waals surface area (Å²) in [5.74, 6) is -1.24. The number of aliphatic carboxylic acids is 1. The van der Waals surface area contributed by atoms with Gasteiger partial charge >= 0.3 is 5.97 Å². The van der Waals surface area contributed by atoms with Crippen molar-refractivity contribution in [2.24, 2.45) is 5.10 Å². The summed E-state index contributed by atoms with van der Waals surface area (Å²) in [6.45, 7) is 0. The van der Waals surface area contributed by atoms with Crippen LogP contribution >= 0.6 is 0 Å². The van der Waals surface area contributed by atoms with E-state index in [0.717, 1.165) is 17.7 Å². The van der Waals surface area contributed by atoms with Crippen molar-refractivity contribution < 1.29 is 19.4 Å². The Bertz CT molecular complexity index is 783. The molecule has 0 saturated heterocycles. The van der Waals surface area contributed by atoms with E-state index in [9.17, 15) is 9.59 Å². The highest BCUT2D eigenvalue weighted by Gasteiger charge is 2.12. The molecule has 0 atom stereocenters. The van der Waals surface area contributed by atoms with Crippen LogP contribution in [-0.2, 0) is 9.59 Å². The van der Waals surface area contributed by atoms with E-state index in [2.05, 4.69) is 10.5 Å². The van der Waals surface area contributed by atoms with Crippen LogP contribution in [0.4, 0.5) is 0 Å². The molecule has 0 fully saturated rings. The first kappa shape index (κ1) is 17.0. The van der Waals surface area contributed by atoms with Gasteiger partial charge in [0.2, 0.25) is 0 Å². The number of benzene rings is 2. The Morgan fingerprint density at radius 1 is 1.04 bits per heavy atom. The van der Waals surface area contributed by atoms with Crippen LogP contribution in [-0.4, -0.2) is 29.8 Å². The Balaban J connectivity index is 2.39. The average molecular weight is 324 g/mol. The van der Waals surface area contributed by atoms with Crippen molar-refractivity contribution in [1.29, 1.82) is 0 Å². The van der Waals surface area contributed by atoms with E-state index in [4.69, 9.17) is 9.84 Å². The summed E-state index contributed by atoms with van der Waals surface area (Å²) in [6.07, 6.45) is 1.65. The number of amides is 1. The molecular weight excluding hydrogens is 308 g/mol. The standard InChI is InChI=1S/C18H16N2O4/c1-24-15-10-6-5-9-14(15)18(13-7-3-2-4-8-13)20-19-16(21)11-12-17(22)23/h2-12H,1H3,(H,19,21)(H,22,23)/b12-11-,20-18-. The number of carbonyl (C=O) groups excluding carboxylic acids is 1. The first-order valence-electron chi connectivity index (χ1n) is 7.09. The van der Waals surface area contributed by atoms with Gasteiger partial charge in [0.05, 0.1) is 7.11 Å². The van der Waals surface area contributed by atoms with E-state index in [-0.39, 0.29) is 0 Å². The largest absolute Gasteiger partial charge is 0.496 e. The number of nitrogens with zero attached hydrogens (tertiary/aromatic N) is 1. The third-order valence-corrected chi connectivity index (χ3v) is 3.06. The molecule has 24 heavy (non-hydrogen) atoms. The zero-order valence-electron chi connectivity index (χ0n) is 13.0. The van der Waals surface area contributed by atoms with Crippen LogP contribution in [0, 0.1) is 0 Å². The normalized spacial score (nSPS) is 11.3. The lowest BCUT2D eigenvalue weighted by atomic mass is 10.0. The molecule has 6 heteroatoms. The highest BCUT2D eigenvalue weighted by molar-refractivity contribution is 6.14. The molecule has 0 aliphatic heterocycles. The minimum atomic E-state index is -1.21. The smallest absolute Gasteiger partial charge is 0.328 e.